The van der Waals surface area contributed by atoms with E-state index in [1.807, 2.05) is 6.07 Å². The molecule has 0 unspecified atom stereocenters. The lowest BCUT2D eigenvalue weighted by Crippen LogP contribution is -2.43. The molecule has 1 aliphatic heterocycles. The Kier molecular flexibility index (Phi) is 4.39. The lowest BCUT2D eigenvalue weighted by molar-refractivity contribution is 0.130. The molecule has 0 N–H and O–H groups in total. The van der Waals surface area contributed by atoms with E-state index < -0.39 is 23.4 Å². The van der Waals surface area contributed by atoms with Gasteiger partial charge in [-0.15, -0.1) is 0 Å². The molecular weight excluding hydrogens is 324 g/mol. The van der Waals surface area contributed by atoms with Crippen molar-refractivity contribution in [3.05, 3.63) is 62.9 Å². The van der Waals surface area contributed by atoms with Crippen molar-refractivity contribution in [3.8, 4) is 6.07 Å². The van der Waals surface area contributed by atoms with Crippen LogP contribution in [0.4, 0.5) is 10.5 Å². The summed E-state index contributed by atoms with van der Waals surface area (Å²) in [5.41, 5.74) is -0.642. The van der Waals surface area contributed by atoms with E-state index in [-0.39, 0.29) is 18.7 Å². The normalized spacial score (nSPS) is 16.6. The van der Waals surface area contributed by atoms with Crippen molar-refractivity contribution < 1.29 is 9.53 Å². The molecule has 0 saturated carbocycles. The quantitative estimate of drug-likeness (QED) is 0.824. The lowest BCUT2D eigenvalue weighted by atomic mass is 10.2. The zero-order chi connectivity index (χ0) is 18.0. The molecule has 2 heterocycles. The van der Waals surface area contributed by atoms with E-state index in [0.717, 1.165) is 4.57 Å². The Bertz CT molecular complexity index is 955. The van der Waals surface area contributed by atoms with E-state index in [0.29, 0.717) is 12.2 Å². The largest absolute Gasteiger partial charge is 0.442 e. The van der Waals surface area contributed by atoms with Crippen LogP contribution in [0.3, 0.4) is 0 Å². The summed E-state index contributed by atoms with van der Waals surface area (Å²) in [5, 5.41) is 9.08. The zero-order valence-electron chi connectivity index (χ0n) is 13.6. The summed E-state index contributed by atoms with van der Waals surface area (Å²) < 4.78 is 7.52. The minimum atomic E-state index is -0.675. The number of carbonyl (C=O) groups is 1. The molecule has 128 valence electrons. The second kappa shape index (κ2) is 6.65. The number of aryl methyl sites for hydroxylation is 1. The number of nitriles is 1. The van der Waals surface area contributed by atoms with Crippen molar-refractivity contribution in [2.75, 3.05) is 11.4 Å². The highest BCUT2D eigenvalue weighted by Crippen LogP contribution is 2.21. The summed E-state index contributed by atoms with van der Waals surface area (Å²) in [6, 6.07) is 10.8. The number of nitrogens with zero attached hydrogens (tertiary/aromatic N) is 4. The molecule has 1 aromatic heterocycles. The molecule has 1 fully saturated rings. The number of ether oxygens (including phenoxy) is 1. The molecule has 0 aliphatic carbocycles. The van der Waals surface area contributed by atoms with Crippen molar-refractivity contribution in [2.24, 2.45) is 0 Å². The first-order valence-electron chi connectivity index (χ1n) is 7.82. The molecule has 0 bridgehead atoms. The second-order valence-electron chi connectivity index (χ2n) is 5.59. The molecule has 3 rings (SSSR count). The first-order valence-corrected chi connectivity index (χ1v) is 7.82. The molecule has 0 radical (unpaired) electrons. The van der Waals surface area contributed by atoms with Gasteiger partial charge >= 0.3 is 11.8 Å². The molecule has 8 heteroatoms. The standard InChI is InChI=1S/C17H16N4O4/c1-2-19-9-12(8-18)15(22)21(16(19)23)11-14-10-20(17(24)25-14)13-6-4-3-5-7-13/h3-7,9,14H,2,10-11H2,1H3/t14-/m1/s1. The Hall–Kier alpha value is -3.34. The molecule has 1 amide bonds. The monoisotopic (exact) mass is 340 g/mol. The number of hydrogen-bond acceptors (Lipinski definition) is 5. The minimum absolute atomic E-state index is 0.0950. The average Bonchev–Trinajstić information content (AvgIpc) is 3.00. The van der Waals surface area contributed by atoms with Crippen molar-refractivity contribution in [3.63, 3.8) is 0 Å². The third-order valence-electron chi connectivity index (χ3n) is 4.03. The van der Waals surface area contributed by atoms with Gasteiger partial charge in [-0.25, -0.2) is 9.59 Å². The Morgan fingerprint density at radius 2 is 1.96 bits per heavy atom. The molecule has 1 saturated heterocycles. The van der Waals surface area contributed by atoms with Crippen LogP contribution in [0.1, 0.15) is 12.5 Å². The van der Waals surface area contributed by atoms with Gasteiger partial charge in [0, 0.05) is 18.4 Å². The van der Waals surface area contributed by atoms with Crippen LogP contribution in [0.25, 0.3) is 0 Å². The SMILES string of the molecule is CCn1cc(C#N)c(=O)n(C[C@H]2CN(c3ccccc3)C(=O)O2)c1=O. The van der Waals surface area contributed by atoms with E-state index in [2.05, 4.69) is 0 Å². The molecular formula is C17H16N4O4. The zero-order valence-corrected chi connectivity index (χ0v) is 13.6. The van der Waals surface area contributed by atoms with Gasteiger partial charge in [0.2, 0.25) is 0 Å². The van der Waals surface area contributed by atoms with Crippen molar-refractivity contribution in [1.82, 2.24) is 9.13 Å². The first-order chi connectivity index (χ1) is 12.0. The van der Waals surface area contributed by atoms with Crippen LogP contribution in [0.15, 0.2) is 46.1 Å². The van der Waals surface area contributed by atoms with Crippen molar-refractivity contribution in [1.29, 1.82) is 5.26 Å². The topological polar surface area (TPSA) is 97.3 Å². The molecule has 25 heavy (non-hydrogen) atoms. The minimum Gasteiger partial charge on any atom is -0.442 e. The van der Waals surface area contributed by atoms with Gasteiger partial charge in [-0.3, -0.25) is 18.8 Å². The summed E-state index contributed by atoms with van der Waals surface area (Å²) in [5.74, 6) is 0. The van der Waals surface area contributed by atoms with Gasteiger partial charge in [0.1, 0.15) is 17.7 Å². The van der Waals surface area contributed by atoms with E-state index in [9.17, 15) is 14.4 Å². The molecule has 2 aromatic rings. The van der Waals surface area contributed by atoms with Gasteiger partial charge in [0.15, 0.2) is 0 Å². The van der Waals surface area contributed by atoms with Crippen LogP contribution >= 0.6 is 0 Å². The van der Waals surface area contributed by atoms with Gasteiger partial charge < -0.3 is 4.74 Å². The molecule has 1 aliphatic rings. The summed E-state index contributed by atoms with van der Waals surface area (Å²) >= 11 is 0. The first kappa shape index (κ1) is 16.5. The number of para-hydroxylation sites is 1. The number of carbonyl (C=O) groups excluding carboxylic acids is 1. The maximum absolute atomic E-state index is 12.4. The van der Waals surface area contributed by atoms with Crippen LogP contribution in [-0.4, -0.2) is 27.9 Å². The van der Waals surface area contributed by atoms with Crippen molar-refractivity contribution in [2.45, 2.75) is 26.1 Å². The number of hydrogen-bond donors (Lipinski definition) is 0. The lowest BCUT2D eigenvalue weighted by Gasteiger charge is -2.13. The highest BCUT2D eigenvalue weighted by Gasteiger charge is 2.33. The van der Waals surface area contributed by atoms with E-state index in [4.69, 9.17) is 10.00 Å². The highest BCUT2D eigenvalue weighted by molar-refractivity contribution is 5.89. The van der Waals surface area contributed by atoms with Crippen molar-refractivity contribution >= 4 is 11.8 Å². The molecule has 0 spiro atoms. The maximum Gasteiger partial charge on any atom is 0.414 e. The van der Waals surface area contributed by atoms with Gasteiger partial charge in [0.05, 0.1) is 13.1 Å². The predicted molar refractivity (Wildman–Crippen MR) is 89.4 cm³/mol. The third kappa shape index (κ3) is 3.04. The van der Waals surface area contributed by atoms with E-state index in [1.165, 1.54) is 15.7 Å². The molecule has 8 nitrogen and oxygen atoms in total. The number of aromatic nitrogens is 2. The number of anilines is 1. The van der Waals surface area contributed by atoms with Crippen LogP contribution in [0, 0.1) is 11.3 Å². The Balaban J connectivity index is 1.89. The van der Waals surface area contributed by atoms with Crippen LogP contribution in [0.5, 0.6) is 0 Å². The molecule has 1 atom stereocenters. The van der Waals surface area contributed by atoms with E-state index in [1.54, 1.807) is 37.3 Å². The van der Waals surface area contributed by atoms with E-state index >= 15 is 0 Å². The third-order valence-corrected chi connectivity index (χ3v) is 4.03. The Labute approximate surface area is 143 Å². The van der Waals surface area contributed by atoms with Gasteiger partial charge in [0.25, 0.3) is 5.56 Å². The van der Waals surface area contributed by atoms with Crippen LogP contribution in [-0.2, 0) is 17.8 Å². The number of rotatable bonds is 4. The summed E-state index contributed by atoms with van der Waals surface area (Å²) in [7, 11) is 0. The Morgan fingerprint density at radius 3 is 2.60 bits per heavy atom. The van der Waals surface area contributed by atoms with Gasteiger partial charge in [-0.2, -0.15) is 5.26 Å². The number of amides is 1. The summed E-state index contributed by atoms with van der Waals surface area (Å²) in [6.07, 6.45) is 0.0619. The van der Waals surface area contributed by atoms with Gasteiger partial charge in [-0.1, -0.05) is 18.2 Å². The Morgan fingerprint density at radius 1 is 1.24 bits per heavy atom. The highest BCUT2D eigenvalue weighted by atomic mass is 16.6. The maximum atomic E-state index is 12.4. The van der Waals surface area contributed by atoms with Crippen LogP contribution in [0.2, 0.25) is 0 Å². The number of cyclic esters (lactones) is 1. The molecule has 1 aromatic carbocycles. The second-order valence-corrected chi connectivity index (χ2v) is 5.59. The fourth-order valence-electron chi connectivity index (χ4n) is 2.76. The van der Waals surface area contributed by atoms with Gasteiger partial charge in [-0.05, 0) is 19.1 Å². The predicted octanol–water partition coefficient (Wildman–Crippen LogP) is 0.927. The summed E-state index contributed by atoms with van der Waals surface area (Å²) in [6.45, 7) is 2.19. The fraction of sp³-hybridized carbons (Fsp3) is 0.294. The summed E-state index contributed by atoms with van der Waals surface area (Å²) in [4.78, 5) is 38.2. The fourth-order valence-corrected chi connectivity index (χ4v) is 2.76. The smallest absolute Gasteiger partial charge is 0.414 e. The number of benzene rings is 1. The van der Waals surface area contributed by atoms with Crippen LogP contribution < -0.4 is 16.1 Å². The average molecular weight is 340 g/mol.